The van der Waals surface area contributed by atoms with Crippen LogP contribution in [0.1, 0.15) is 12.0 Å². The number of rotatable bonds is 5. The molecule has 0 saturated heterocycles. The lowest BCUT2D eigenvalue weighted by molar-refractivity contribution is -0.140. The van der Waals surface area contributed by atoms with E-state index in [2.05, 4.69) is 0 Å². The number of nitrogens with two attached hydrogens (primary N) is 1. The number of alkyl carbamates (subject to hydrolysis) is 1. The molecule has 0 aliphatic carbocycles. The quantitative estimate of drug-likeness (QED) is 0.702. The van der Waals surface area contributed by atoms with Gasteiger partial charge in [0, 0.05) is 0 Å². The Kier molecular flexibility index (Phi) is 5.49. The maximum absolute atomic E-state index is 11.2. The Morgan fingerprint density at radius 3 is 2.47 bits per heavy atom. The highest BCUT2D eigenvalue weighted by Gasteiger charge is 2.18. The summed E-state index contributed by atoms with van der Waals surface area (Å²) in [7, 11) is 0. The average Bonchev–Trinajstić information content (AvgIpc) is 2.37. The van der Waals surface area contributed by atoms with E-state index in [0.29, 0.717) is 0 Å². The van der Waals surface area contributed by atoms with Crippen molar-refractivity contribution in [2.24, 2.45) is 5.73 Å². The van der Waals surface area contributed by atoms with Gasteiger partial charge in [0.15, 0.2) is 0 Å². The number of amides is 2. The molecule has 2 amide bonds. The first-order valence-corrected chi connectivity index (χ1v) is 5.48. The van der Waals surface area contributed by atoms with Crippen LogP contribution in [0.25, 0.3) is 0 Å². The summed E-state index contributed by atoms with van der Waals surface area (Å²) in [6.45, 7) is 0.0188. The number of aliphatic carboxylic acids is 1. The number of carbonyl (C=O) groups excluding carboxylic acids is 2. The standard InChI is InChI=1S/C12H14N2O5/c13-9(11(16)17)6-10(15)14-12(18)19-7-8-4-2-1-3-5-8/h1-5,9H,6-7,13H2,(H,16,17)(H,14,15,18)/t9-/m1/s1. The Morgan fingerprint density at radius 2 is 1.89 bits per heavy atom. The summed E-state index contributed by atoms with van der Waals surface area (Å²) in [5.74, 6) is -2.11. The normalized spacial score (nSPS) is 11.4. The van der Waals surface area contributed by atoms with Crippen LogP contribution in [0, 0.1) is 0 Å². The Morgan fingerprint density at radius 1 is 1.26 bits per heavy atom. The van der Waals surface area contributed by atoms with Gasteiger partial charge < -0.3 is 15.6 Å². The third kappa shape index (κ3) is 5.64. The lowest BCUT2D eigenvalue weighted by Gasteiger charge is -2.07. The number of hydrogen-bond acceptors (Lipinski definition) is 5. The lowest BCUT2D eigenvalue weighted by atomic mass is 10.2. The molecule has 0 unspecified atom stereocenters. The molecule has 7 nitrogen and oxygen atoms in total. The molecule has 0 fully saturated rings. The summed E-state index contributed by atoms with van der Waals surface area (Å²) in [6.07, 6.45) is -1.43. The minimum Gasteiger partial charge on any atom is -0.480 e. The summed E-state index contributed by atoms with van der Waals surface area (Å²) in [4.78, 5) is 32.9. The number of hydrogen-bond donors (Lipinski definition) is 3. The topological polar surface area (TPSA) is 119 Å². The molecule has 0 radical (unpaired) electrons. The van der Waals surface area contributed by atoms with E-state index in [1.165, 1.54) is 0 Å². The second-order valence-corrected chi connectivity index (χ2v) is 3.76. The fourth-order valence-electron chi connectivity index (χ4n) is 1.21. The number of nitrogens with one attached hydrogen (secondary N) is 1. The minimum absolute atomic E-state index is 0.0188. The van der Waals surface area contributed by atoms with Gasteiger partial charge in [-0.1, -0.05) is 30.3 Å². The van der Waals surface area contributed by atoms with Gasteiger partial charge in [0.1, 0.15) is 12.6 Å². The molecule has 1 aromatic carbocycles. The molecule has 0 saturated carbocycles. The number of benzene rings is 1. The highest BCUT2D eigenvalue weighted by Crippen LogP contribution is 2.00. The van der Waals surface area contributed by atoms with Gasteiger partial charge in [-0.05, 0) is 5.56 Å². The first kappa shape index (κ1) is 14.7. The molecular weight excluding hydrogens is 252 g/mol. The summed E-state index contributed by atoms with van der Waals surface area (Å²) in [5.41, 5.74) is 5.92. The Bertz CT molecular complexity index is 460. The summed E-state index contributed by atoms with van der Waals surface area (Å²) in [6, 6.07) is 7.56. The minimum atomic E-state index is -1.35. The molecule has 1 rings (SSSR count). The van der Waals surface area contributed by atoms with Gasteiger partial charge in [0.25, 0.3) is 0 Å². The van der Waals surface area contributed by atoms with E-state index >= 15 is 0 Å². The lowest BCUT2D eigenvalue weighted by Crippen LogP contribution is -2.39. The zero-order valence-corrected chi connectivity index (χ0v) is 10.0. The predicted molar refractivity (Wildman–Crippen MR) is 65.0 cm³/mol. The number of carbonyl (C=O) groups is 3. The van der Waals surface area contributed by atoms with Crippen molar-refractivity contribution in [1.82, 2.24) is 5.32 Å². The van der Waals surface area contributed by atoms with Crippen LogP contribution in [0.2, 0.25) is 0 Å². The number of carboxylic acids is 1. The Labute approximate surface area is 109 Å². The second kappa shape index (κ2) is 7.12. The molecule has 0 aliphatic heterocycles. The highest BCUT2D eigenvalue weighted by molar-refractivity contribution is 5.94. The maximum Gasteiger partial charge on any atom is 0.414 e. The van der Waals surface area contributed by atoms with Crippen molar-refractivity contribution in [2.45, 2.75) is 19.1 Å². The third-order valence-corrected chi connectivity index (χ3v) is 2.18. The van der Waals surface area contributed by atoms with Crippen LogP contribution in [0.15, 0.2) is 30.3 Å². The van der Waals surface area contributed by atoms with E-state index in [1.807, 2.05) is 11.4 Å². The molecule has 7 heteroatoms. The number of carboxylic acid groups (broad SMARTS) is 1. The molecule has 0 aliphatic rings. The number of imide groups is 1. The second-order valence-electron chi connectivity index (χ2n) is 3.76. The highest BCUT2D eigenvalue weighted by atomic mass is 16.5. The van der Waals surface area contributed by atoms with Crippen LogP contribution >= 0.6 is 0 Å². The monoisotopic (exact) mass is 266 g/mol. The predicted octanol–water partition coefficient (Wildman–Crippen LogP) is 0.241. The average molecular weight is 266 g/mol. The van der Waals surface area contributed by atoms with Crippen LogP contribution in [-0.2, 0) is 20.9 Å². The first-order valence-electron chi connectivity index (χ1n) is 5.48. The van der Waals surface area contributed by atoms with Gasteiger partial charge >= 0.3 is 12.1 Å². The fourth-order valence-corrected chi connectivity index (χ4v) is 1.21. The van der Waals surface area contributed by atoms with Crippen LogP contribution in [0.3, 0.4) is 0 Å². The SMILES string of the molecule is N[C@H](CC(=O)NC(=O)OCc1ccccc1)C(=O)O. The molecule has 1 atom stereocenters. The maximum atomic E-state index is 11.2. The fraction of sp³-hybridized carbons (Fsp3) is 0.250. The van der Waals surface area contributed by atoms with Gasteiger partial charge in [0.05, 0.1) is 6.42 Å². The third-order valence-electron chi connectivity index (χ3n) is 2.18. The molecule has 0 heterocycles. The van der Waals surface area contributed by atoms with Crippen molar-refractivity contribution in [2.75, 3.05) is 0 Å². The van der Waals surface area contributed by atoms with Crippen LogP contribution in [0.4, 0.5) is 4.79 Å². The van der Waals surface area contributed by atoms with Gasteiger partial charge in [-0.3, -0.25) is 14.9 Å². The van der Waals surface area contributed by atoms with Crippen LogP contribution in [-0.4, -0.2) is 29.1 Å². The van der Waals surface area contributed by atoms with E-state index in [-0.39, 0.29) is 6.61 Å². The van der Waals surface area contributed by atoms with Gasteiger partial charge in [0.2, 0.25) is 5.91 Å². The van der Waals surface area contributed by atoms with Crippen molar-refractivity contribution in [3.05, 3.63) is 35.9 Å². The van der Waals surface area contributed by atoms with Gasteiger partial charge in [-0.15, -0.1) is 0 Å². The summed E-state index contributed by atoms with van der Waals surface area (Å²) in [5, 5.41) is 10.4. The molecule has 4 N–H and O–H groups in total. The summed E-state index contributed by atoms with van der Waals surface area (Å²) >= 11 is 0. The zero-order chi connectivity index (χ0) is 14.3. The molecule has 0 aromatic heterocycles. The van der Waals surface area contributed by atoms with Gasteiger partial charge in [-0.2, -0.15) is 0 Å². The van der Waals surface area contributed by atoms with E-state index in [0.717, 1.165) is 5.56 Å². The van der Waals surface area contributed by atoms with E-state index in [1.54, 1.807) is 24.3 Å². The molecule has 102 valence electrons. The smallest absolute Gasteiger partial charge is 0.414 e. The molecule has 1 aromatic rings. The van der Waals surface area contributed by atoms with E-state index in [4.69, 9.17) is 15.6 Å². The Hall–Kier alpha value is -2.41. The molecule has 19 heavy (non-hydrogen) atoms. The Balaban J connectivity index is 2.31. The van der Waals surface area contributed by atoms with Crippen molar-refractivity contribution >= 4 is 18.0 Å². The van der Waals surface area contributed by atoms with Crippen molar-refractivity contribution in [3.63, 3.8) is 0 Å². The van der Waals surface area contributed by atoms with Crippen molar-refractivity contribution in [3.8, 4) is 0 Å². The van der Waals surface area contributed by atoms with Crippen molar-refractivity contribution < 1.29 is 24.2 Å². The number of ether oxygens (including phenoxy) is 1. The van der Waals surface area contributed by atoms with Crippen LogP contribution < -0.4 is 11.1 Å². The summed E-state index contributed by atoms with van der Waals surface area (Å²) < 4.78 is 4.78. The van der Waals surface area contributed by atoms with Crippen LogP contribution in [0.5, 0.6) is 0 Å². The zero-order valence-electron chi connectivity index (χ0n) is 10.0. The first-order chi connectivity index (χ1) is 8.99. The molecule has 0 bridgehead atoms. The van der Waals surface area contributed by atoms with E-state index < -0.39 is 30.4 Å². The van der Waals surface area contributed by atoms with Crippen molar-refractivity contribution in [1.29, 1.82) is 0 Å². The molecule has 0 spiro atoms. The largest absolute Gasteiger partial charge is 0.480 e. The molecular formula is C12H14N2O5. The van der Waals surface area contributed by atoms with E-state index in [9.17, 15) is 14.4 Å². The van der Waals surface area contributed by atoms with Gasteiger partial charge in [-0.25, -0.2) is 4.79 Å².